The van der Waals surface area contributed by atoms with Crippen LogP contribution >= 0.6 is 0 Å². The van der Waals surface area contributed by atoms with E-state index in [1.165, 1.54) is 12.1 Å². The standard InChI is InChI=1S/C21H21N5O3/c1-14-7-4-5-10-20(14)23-21(27)24-22-13-17-11-15(2)25(16(17)3)18-8-6-9-19(12-18)26(28)29/h4-13H,1-3H3,(H2,23,24,27). The summed E-state index contributed by atoms with van der Waals surface area (Å²) < 4.78 is 1.90. The molecule has 0 aliphatic heterocycles. The molecular weight excluding hydrogens is 370 g/mol. The largest absolute Gasteiger partial charge is 0.339 e. The van der Waals surface area contributed by atoms with E-state index in [4.69, 9.17) is 0 Å². The van der Waals surface area contributed by atoms with Gasteiger partial charge in [0, 0.05) is 34.8 Å². The molecule has 0 aliphatic carbocycles. The maximum atomic E-state index is 12.0. The molecular formula is C21H21N5O3. The van der Waals surface area contributed by atoms with Crippen LogP contribution < -0.4 is 10.7 Å². The predicted molar refractivity (Wildman–Crippen MR) is 113 cm³/mol. The minimum atomic E-state index is -0.442. The van der Waals surface area contributed by atoms with Crippen LogP contribution in [0.4, 0.5) is 16.2 Å². The molecule has 0 radical (unpaired) electrons. The molecule has 2 amide bonds. The Morgan fingerprint density at radius 1 is 1.10 bits per heavy atom. The van der Waals surface area contributed by atoms with Crippen molar-refractivity contribution in [2.45, 2.75) is 20.8 Å². The van der Waals surface area contributed by atoms with E-state index < -0.39 is 11.0 Å². The fraction of sp³-hybridized carbons (Fsp3) is 0.143. The van der Waals surface area contributed by atoms with Crippen LogP contribution in [0, 0.1) is 30.9 Å². The number of nitrogens with one attached hydrogen (secondary N) is 2. The summed E-state index contributed by atoms with van der Waals surface area (Å²) in [4.78, 5) is 22.7. The van der Waals surface area contributed by atoms with Crippen LogP contribution in [0.5, 0.6) is 0 Å². The predicted octanol–water partition coefficient (Wildman–Crippen LogP) is 4.47. The number of hydrogen-bond acceptors (Lipinski definition) is 4. The number of aromatic nitrogens is 1. The van der Waals surface area contributed by atoms with E-state index in [2.05, 4.69) is 15.8 Å². The zero-order valence-electron chi connectivity index (χ0n) is 16.3. The zero-order valence-corrected chi connectivity index (χ0v) is 16.3. The van der Waals surface area contributed by atoms with Gasteiger partial charge in [0.1, 0.15) is 0 Å². The van der Waals surface area contributed by atoms with Crippen LogP contribution in [0.3, 0.4) is 0 Å². The molecule has 3 aromatic rings. The van der Waals surface area contributed by atoms with E-state index in [0.29, 0.717) is 11.4 Å². The summed E-state index contributed by atoms with van der Waals surface area (Å²) in [5.74, 6) is 0. The molecule has 1 aromatic heterocycles. The lowest BCUT2D eigenvalue weighted by molar-refractivity contribution is -0.384. The van der Waals surface area contributed by atoms with Crippen molar-refractivity contribution in [1.29, 1.82) is 0 Å². The third-order valence-electron chi connectivity index (χ3n) is 4.53. The molecule has 2 aromatic carbocycles. The first-order valence-corrected chi connectivity index (χ1v) is 8.96. The first-order valence-electron chi connectivity index (χ1n) is 8.96. The number of aryl methyl sites for hydroxylation is 2. The Bertz CT molecular complexity index is 1100. The summed E-state index contributed by atoms with van der Waals surface area (Å²) in [5.41, 5.74) is 7.38. The number of carbonyl (C=O) groups is 1. The molecule has 0 atom stereocenters. The van der Waals surface area contributed by atoms with E-state index in [1.54, 1.807) is 12.3 Å². The highest BCUT2D eigenvalue weighted by molar-refractivity contribution is 5.91. The van der Waals surface area contributed by atoms with Gasteiger partial charge in [-0.15, -0.1) is 0 Å². The number of nitrogens with zero attached hydrogens (tertiary/aromatic N) is 3. The van der Waals surface area contributed by atoms with Crippen molar-refractivity contribution < 1.29 is 9.72 Å². The van der Waals surface area contributed by atoms with Gasteiger partial charge < -0.3 is 9.88 Å². The zero-order chi connectivity index (χ0) is 21.0. The number of carbonyl (C=O) groups excluding carboxylic acids is 1. The molecule has 0 aliphatic rings. The number of rotatable bonds is 5. The molecule has 0 bridgehead atoms. The summed E-state index contributed by atoms with van der Waals surface area (Å²) in [5, 5.41) is 17.8. The maximum Gasteiger partial charge on any atom is 0.339 e. The van der Waals surface area contributed by atoms with Gasteiger partial charge in [-0.25, -0.2) is 10.2 Å². The molecule has 1 heterocycles. The third kappa shape index (κ3) is 4.49. The van der Waals surface area contributed by atoms with Crippen LogP contribution in [-0.4, -0.2) is 21.7 Å². The number of benzene rings is 2. The van der Waals surface area contributed by atoms with Crippen molar-refractivity contribution >= 4 is 23.6 Å². The maximum absolute atomic E-state index is 12.0. The van der Waals surface area contributed by atoms with Gasteiger partial charge in [-0.3, -0.25) is 10.1 Å². The molecule has 8 nitrogen and oxygen atoms in total. The van der Waals surface area contributed by atoms with Crippen molar-refractivity contribution in [3.63, 3.8) is 0 Å². The average Bonchev–Trinajstić information content (AvgIpc) is 2.97. The van der Waals surface area contributed by atoms with Crippen LogP contribution in [-0.2, 0) is 0 Å². The highest BCUT2D eigenvalue weighted by Gasteiger charge is 2.13. The summed E-state index contributed by atoms with van der Waals surface area (Å²) in [7, 11) is 0. The number of urea groups is 1. The molecule has 0 saturated carbocycles. The minimum absolute atomic E-state index is 0.0276. The Morgan fingerprint density at radius 3 is 2.59 bits per heavy atom. The number of nitro groups is 1. The first-order chi connectivity index (χ1) is 13.9. The monoisotopic (exact) mass is 391 g/mol. The van der Waals surface area contributed by atoms with E-state index in [0.717, 1.165) is 22.5 Å². The van der Waals surface area contributed by atoms with E-state index in [1.807, 2.05) is 61.7 Å². The highest BCUT2D eigenvalue weighted by Crippen LogP contribution is 2.23. The Kier molecular flexibility index (Phi) is 5.73. The number of non-ortho nitro benzene ring substituents is 1. The normalized spacial score (nSPS) is 10.9. The van der Waals surface area contributed by atoms with Crippen LogP contribution in [0.2, 0.25) is 0 Å². The Balaban J connectivity index is 1.75. The van der Waals surface area contributed by atoms with E-state index in [9.17, 15) is 14.9 Å². The smallest absolute Gasteiger partial charge is 0.318 e. The van der Waals surface area contributed by atoms with Gasteiger partial charge in [0.2, 0.25) is 0 Å². The second-order valence-electron chi connectivity index (χ2n) is 6.58. The van der Waals surface area contributed by atoms with Crippen molar-refractivity contribution in [2.75, 3.05) is 5.32 Å². The van der Waals surface area contributed by atoms with Crippen molar-refractivity contribution in [1.82, 2.24) is 9.99 Å². The fourth-order valence-corrected chi connectivity index (χ4v) is 3.09. The van der Waals surface area contributed by atoms with Crippen LogP contribution in [0.25, 0.3) is 5.69 Å². The molecule has 3 rings (SSSR count). The van der Waals surface area contributed by atoms with Crippen LogP contribution in [0.15, 0.2) is 59.7 Å². The lowest BCUT2D eigenvalue weighted by Gasteiger charge is -2.09. The number of hydrazone groups is 1. The van der Waals surface area contributed by atoms with Gasteiger partial charge in [0.05, 0.1) is 16.8 Å². The first kappa shape index (κ1) is 19.8. The molecule has 0 unspecified atom stereocenters. The van der Waals surface area contributed by atoms with Crippen molar-refractivity contribution in [2.24, 2.45) is 5.10 Å². The second-order valence-corrected chi connectivity index (χ2v) is 6.58. The summed E-state index contributed by atoms with van der Waals surface area (Å²) in [6, 6.07) is 15.3. The third-order valence-corrected chi connectivity index (χ3v) is 4.53. The van der Waals surface area contributed by atoms with Crippen molar-refractivity contribution in [3.8, 4) is 5.69 Å². The molecule has 0 spiro atoms. The number of anilines is 1. The summed E-state index contributed by atoms with van der Waals surface area (Å²) >= 11 is 0. The summed E-state index contributed by atoms with van der Waals surface area (Å²) in [6.07, 6.45) is 1.55. The van der Waals surface area contributed by atoms with Gasteiger partial charge in [-0.2, -0.15) is 5.10 Å². The fourth-order valence-electron chi connectivity index (χ4n) is 3.09. The molecule has 0 fully saturated rings. The van der Waals surface area contributed by atoms with Gasteiger partial charge in [0.15, 0.2) is 0 Å². The molecule has 148 valence electrons. The lowest BCUT2D eigenvalue weighted by Crippen LogP contribution is -2.24. The van der Waals surface area contributed by atoms with Gasteiger partial charge in [-0.05, 0) is 44.5 Å². The molecule has 2 N–H and O–H groups in total. The summed E-state index contributed by atoms with van der Waals surface area (Å²) in [6.45, 7) is 5.70. The number of para-hydroxylation sites is 1. The quantitative estimate of drug-likeness (QED) is 0.381. The average molecular weight is 391 g/mol. The topological polar surface area (TPSA) is 102 Å². The molecule has 8 heteroatoms. The Labute approximate surface area is 168 Å². The number of nitro benzene ring substituents is 1. The number of hydrogen-bond donors (Lipinski definition) is 2. The van der Waals surface area contributed by atoms with Crippen molar-refractivity contribution in [3.05, 3.63) is 87.2 Å². The Morgan fingerprint density at radius 2 is 1.86 bits per heavy atom. The molecule has 29 heavy (non-hydrogen) atoms. The number of amides is 2. The minimum Gasteiger partial charge on any atom is -0.318 e. The van der Waals surface area contributed by atoms with Gasteiger partial charge in [0.25, 0.3) is 5.69 Å². The van der Waals surface area contributed by atoms with Crippen LogP contribution in [0.1, 0.15) is 22.5 Å². The van der Waals surface area contributed by atoms with E-state index in [-0.39, 0.29) is 5.69 Å². The van der Waals surface area contributed by atoms with Gasteiger partial charge >= 0.3 is 6.03 Å². The SMILES string of the molecule is Cc1ccccc1NC(=O)NN=Cc1cc(C)n(-c2cccc([N+](=O)[O-])c2)c1C. The van der Waals surface area contributed by atoms with Gasteiger partial charge in [-0.1, -0.05) is 24.3 Å². The second kappa shape index (κ2) is 8.39. The highest BCUT2D eigenvalue weighted by atomic mass is 16.6. The Hall–Kier alpha value is -3.94. The van der Waals surface area contributed by atoms with E-state index >= 15 is 0 Å². The molecule has 0 saturated heterocycles. The lowest BCUT2D eigenvalue weighted by atomic mass is 10.2.